The van der Waals surface area contributed by atoms with Crippen molar-refractivity contribution in [2.24, 2.45) is 11.8 Å². The van der Waals surface area contributed by atoms with Crippen molar-refractivity contribution in [3.05, 3.63) is 41.0 Å². The van der Waals surface area contributed by atoms with Gasteiger partial charge < -0.3 is 14.2 Å². The number of halogens is 3. The van der Waals surface area contributed by atoms with E-state index in [-0.39, 0.29) is 18.1 Å². The number of hydrogen-bond acceptors (Lipinski definition) is 7. The molecule has 4 rings (SSSR count). The first-order chi connectivity index (χ1) is 15.9. The van der Waals surface area contributed by atoms with Gasteiger partial charge in [0, 0.05) is 0 Å². The average molecular weight is 478 g/mol. The van der Waals surface area contributed by atoms with Gasteiger partial charge in [-0.25, -0.2) is 9.69 Å². The van der Waals surface area contributed by atoms with Crippen LogP contribution in [0.25, 0.3) is 0 Å². The van der Waals surface area contributed by atoms with Crippen LogP contribution in [0.2, 0.25) is 0 Å². The summed E-state index contributed by atoms with van der Waals surface area (Å²) in [5, 5.41) is 9.02. The number of imide groups is 1. The summed E-state index contributed by atoms with van der Waals surface area (Å²) < 4.78 is 56.6. The Kier molecular flexibility index (Phi) is 5.57. The molecule has 3 heterocycles. The highest BCUT2D eigenvalue weighted by molar-refractivity contribution is 6.24. The van der Waals surface area contributed by atoms with E-state index in [9.17, 15) is 27.6 Å². The van der Waals surface area contributed by atoms with Crippen molar-refractivity contribution in [1.29, 1.82) is 5.26 Å². The molecule has 8 nitrogen and oxygen atoms in total. The molecule has 180 valence electrons. The van der Waals surface area contributed by atoms with E-state index < -0.39 is 58.1 Å². The summed E-state index contributed by atoms with van der Waals surface area (Å²) in [6.45, 7) is 5.00. The number of ether oxygens (including phenoxy) is 3. The highest BCUT2D eigenvalue weighted by Crippen LogP contribution is 2.60. The maximum Gasteiger partial charge on any atom is 0.417 e. The number of carbonyl (C=O) groups excluding carboxylic acids is 3. The van der Waals surface area contributed by atoms with E-state index >= 15 is 0 Å². The maximum atomic E-state index is 13.4. The highest BCUT2D eigenvalue weighted by atomic mass is 19.4. The largest absolute Gasteiger partial charge is 0.435 e. The van der Waals surface area contributed by atoms with Crippen LogP contribution in [0.3, 0.4) is 0 Å². The standard InChI is InChI=1S/C23H21F3N2O6/c1-4-7-32-11-33-20(31)15-9-21(2)16-17(22(15,3)34-21)19(30)28(18(16)29)13-6-5-12(10-27)14(8-13)23(24,25)26/h5-6,8-9,16-17H,4,7,11H2,1-3H3/t16-,17+,21-,22+/m1/s1. The molecular weight excluding hydrogens is 457 g/mol. The third-order valence-corrected chi connectivity index (χ3v) is 6.44. The van der Waals surface area contributed by atoms with Gasteiger partial charge in [-0.05, 0) is 44.5 Å². The van der Waals surface area contributed by atoms with E-state index in [4.69, 9.17) is 19.5 Å². The van der Waals surface area contributed by atoms with Gasteiger partial charge in [-0.3, -0.25) is 9.59 Å². The lowest BCUT2D eigenvalue weighted by molar-refractivity contribution is -0.154. The Labute approximate surface area is 192 Å². The van der Waals surface area contributed by atoms with Crippen LogP contribution in [-0.2, 0) is 34.8 Å². The number of benzene rings is 1. The molecule has 2 amide bonds. The highest BCUT2D eigenvalue weighted by Gasteiger charge is 2.74. The molecule has 2 fully saturated rings. The molecule has 0 radical (unpaired) electrons. The van der Waals surface area contributed by atoms with Crippen LogP contribution in [0.5, 0.6) is 0 Å². The number of amides is 2. The molecule has 0 saturated carbocycles. The number of rotatable bonds is 6. The van der Waals surface area contributed by atoms with Gasteiger partial charge in [0.25, 0.3) is 0 Å². The van der Waals surface area contributed by atoms with Gasteiger partial charge in [-0.2, -0.15) is 18.4 Å². The van der Waals surface area contributed by atoms with Crippen LogP contribution in [-0.4, -0.2) is 42.4 Å². The first kappa shape index (κ1) is 23.9. The maximum absolute atomic E-state index is 13.4. The van der Waals surface area contributed by atoms with Crippen molar-refractivity contribution >= 4 is 23.5 Å². The molecule has 34 heavy (non-hydrogen) atoms. The topological polar surface area (TPSA) is 106 Å². The lowest BCUT2D eigenvalue weighted by Crippen LogP contribution is -2.43. The summed E-state index contributed by atoms with van der Waals surface area (Å²) in [5.74, 6) is -4.48. The minimum absolute atomic E-state index is 0.0511. The summed E-state index contributed by atoms with van der Waals surface area (Å²) >= 11 is 0. The SMILES string of the molecule is CCCOCOC(=O)C1=C[C@@]2(C)O[C@]1(C)[C@@H]1C(=O)N(c3ccc(C#N)c(C(F)(F)F)c3)C(=O)[C@@H]12. The van der Waals surface area contributed by atoms with Gasteiger partial charge in [0.2, 0.25) is 11.8 Å². The zero-order valence-electron chi connectivity index (χ0n) is 18.6. The second-order valence-electron chi connectivity index (χ2n) is 8.72. The molecule has 1 aromatic carbocycles. The number of nitriles is 1. The molecule has 2 saturated heterocycles. The number of fused-ring (bicyclic) bond motifs is 5. The number of esters is 1. The Balaban J connectivity index is 1.67. The summed E-state index contributed by atoms with van der Waals surface area (Å²) in [5.41, 5.74) is -4.98. The predicted molar refractivity (Wildman–Crippen MR) is 109 cm³/mol. The second-order valence-corrected chi connectivity index (χ2v) is 8.72. The van der Waals surface area contributed by atoms with Crippen LogP contribution < -0.4 is 4.90 Å². The van der Waals surface area contributed by atoms with Crippen LogP contribution in [0.4, 0.5) is 18.9 Å². The Hall–Kier alpha value is -3.23. The monoisotopic (exact) mass is 478 g/mol. The average Bonchev–Trinajstić information content (AvgIpc) is 3.30. The fraction of sp³-hybridized carbons (Fsp3) is 0.478. The van der Waals surface area contributed by atoms with Crippen LogP contribution in [0.15, 0.2) is 29.8 Å². The molecule has 0 spiro atoms. The summed E-state index contributed by atoms with van der Waals surface area (Å²) in [7, 11) is 0. The predicted octanol–water partition coefficient (Wildman–Crippen LogP) is 3.10. The van der Waals surface area contributed by atoms with Crippen molar-refractivity contribution < 1.29 is 41.8 Å². The zero-order valence-corrected chi connectivity index (χ0v) is 18.6. The lowest BCUT2D eigenvalue weighted by atomic mass is 9.69. The normalized spacial score (nSPS) is 29.8. The van der Waals surface area contributed by atoms with E-state index in [2.05, 4.69) is 0 Å². The van der Waals surface area contributed by atoms with E-state index in [0.717, 1.165) is 18.6 Å². The van der Waals surface area contributed by atoms with Gasteiger partial charge in [0.15, 0.2) is 6.79 Å². The van der Waals surface area contributed by atoms with E-state index in [1.165, 1.54) is 19.1 Å². The van der Waals surface area contributed by atoms with Crippen LogP contribution in [0, 0.1) is 23.2 Å². The quantitative estimate of drug-likeness (QED) is 0.268. The number of anilines is 1. The molecular formula is C23H21F3N2O6. The number of carbonyl (C=O) groups is 3. The lowest BCUT2D eigenvalue weighted by Gasteiger charge is -2.28. The Morgan fingerprint density at radius 2 is 1.91 bits per heavy atom. The minimum atomic E-state index is -4.86. The second kappa shape index (κ2) is 7.92. The number of hydrogen-bond donors (Lipinski definition) is 0. The smallest absolute Gasteiger partial charge is 0.417 e. The molecule has 11 heteroatoms. The van der Waals surface area contributed by atoms with Crippen LogP contribution >= 0.6 is 0 Å². The molecule has 4 atom stereocenters. The first-order valence-corrected chi connectivity index (χ1v) is 10.6. The van der Waals surface area contributed by atoms with E-state index in [0.29, 0.717) is 17.6 Å². The molecule has 3 aliphatic heterocycles. The zero-order chi connectivity index (χ0) is 25.1. The molecule has 0 aliphatic carbocycles. The minimum Gasteiger partial charge on any atom is -0.435 e. The molecule has 0 N–H and O–H groups in total. The van der Waals surface area contributed by atoms with Gasteiger partial charge in [-0.15, -0.1) is 0 Å². The molecule has 0 unspecified atom stereocenters. The third-order valence-electron chi connectivity index (χ3n) is 6.44. The van der Waals surface area contributed by atoms with Crippen molar-refractivity contribution in [2.75, 3.05) is 18.3 Å². The Bertz CT molecular complexity index is 1160. The summed E-state index contributed by atoms with van der Waals surface area (Å²) in [4.78, 5) is 40.0. The van der Waals surface area contributed by atoms with Gasteiger partial charge in [0.1, 0.15) is 5.60 Å². The molecule has 3 aliphatic rings. The molecule has 0 aromatic heterocycles. The summed E-state index contributed by atoms with van der Waals surface area (Å²) in [6.07, 6.45) is -2.70. The Morgan fingerprint density at radius 1 is 1.24 bits per heavy atom. The van der Waals surface area contributed by atoms with Crippen molar-refractivity contribution in [3.8, 4) is 6.07 Å². The van der Waals surface area contributed by atoms with Crippen molar-refractivity contribution in [2.45, 2.75) is 44.6 Å². The van der Waals surface area contributed by atoms with Crippen molar-refractivity contribution in [3.63, 3.8) is 0 Å². The number of alkyl halides is 3. The Morgan fingerprint density at radius 3 is 2.53 bits per heavy atom. The van der Waals surface area contributed by atoms with E-state index in [1.54, 1.807) is 6.92 Å². The fourth-order valence-electron chi connectivity index (χ4n) is 5.05. The molecule has 1 aromatic rings. The van der Waals surface area contributed by atoms with Crippen molar-refractivity contribution in [1.82, 2.24) is 0 Å². The van der Waals surface area contributed by atoms with Gasteiger partial charge in [0.05, 0.1) is 52.5 Å². The molecule has 2 bridgehead atoms. The van der Waals surface area contributed by atoms with Gasteiger partial charge in [-0.1, -0.05) is 6.92 Å². The fourth-order valence-corrected chi connectivity index (χ4v) is 5.05. The van der Waals surface area contributed by atoms with Gasteiger partial charge >= 0.3 is 12.1 Å². The number of nitrogens with zero attached hydrogens (tertiary/aromatic N) is 2. The van der Waals surface area contributed by atoms with E-state index in [1.807, 2.05) is 6.92 Å². The summed E-state index contributed by atoms with van der Waals surface area (Å²) in [6, 6.07) is 4.10. The van der Waals surface area contributed by atoms with Crippen LogP contribution in [0.1, 0.15) is 38.3 Å². The third kappa shape index (κ3) is 3.40. The first-order valence-electron chi connectivity index (χ1n) is 10.6.